The Balaban J connectivity index is 1.68. The summed E-state index contributed by atoms with van der Waals surface area (Å²) < 4.78 is 0. The van der Waals surface area contributed by atoms with Crippen molar-refractivity contribution in [1.29, 1.82) is 0 Å². The molecule has 2 saturated carbocycles. The lowest BCUT2D eigenvalue weighted by Crippen LogP contribution is -2.55. The molecule has 0 heterocycles. The number of hydrogen-bond donors (Lipinski definition) is 2. The number of aliphatic hydroxyl groups is 2. The van der Waals surface area contributed by atoms with Gasteiger partial charge in [0.25, 0.3) is 0 Å². The summed E-state index contributed by atoms with van der Waals surface area (Å²) in [4.78, 5) is 0. The Morgan fingerprint density at radius 3 is 2.33 bits per heavy atom. The molecule has 4 rings (SSSR count). The van der Waals surface area contributed by atoms with Crippen LogP contribution in [0.4, 0.5) is 0 Å². The number of fused-ring (bicyclic) bond motifs is 5. The van der Waals surface area contributed by atoms with Crippen molar-refractivity contribution in [2.45, 2.75) is 113 Å². The maximum atomic E-state index is 11.7. The van der Waals surface area contributed by atoms with E-state index < -0.39 is 0 Å². The predicted molar refractivity (Wildman–Crippen MR) is 139 cm³/mol. The third-order valence-electron chi connectivity index (χ3n) is 11.8. The van der Waals surface area contributed by atoms with Crippen molar-refractivity contribution in [3.63, 3.8) is 0 Å². The summed E-state index contributed by atoms with van der Waals surface area (Å²) in [6.07, 6.45) is 11.7. The van der Waals surface area contributed by atoms with Crippen LogP contribution in [0.5, 0.6) is 0 Å². The molecule has 0 saturated heterocycles. The third kappa shape index (κ3) is 3.40. The molecular weight excluding hydrogens is 404 g/mol. The number of allylic oxidation sites excluding steroid dienone is 4. The van der Waals surface area contributed by atoms with Crippen LogP contribution in [0.3, 0.4) is 0 Å². The van der Waals surface area contributed by atoms with Crippen molar-refractivity contribution in [2.24, 2.45) is 45.3 Å². The fourth-order valence-corrected chi connectivity index (χ4v) is 8.84. The van der Waals surface area contributed by atoms with Crippen LogP contribution < -0.4 is 0 Å². The molecule has 4 aliphatic carbocycles. The van der Waals surface area contributed by atoms with E-state index in [0.717, 1.165) is 38.5 Å². The van der Waals surface area contributed by atoms with Gasteiger partial charge in [-0.1, -0.05) is 79.7 Å². The van der Waals surface area contributed by atoms with Gasteiger partial charge in [0.2, 0.25) is 0 Å². The first-order valence-electron chi connectivity index (χ1n) is 13.7. The lowest BCUT2D eigenvalue weighted by molar-refractivity contribution is -0.0872. The highest BCUT2D eigenvalue weighted by Gasteiger charge is 2.66. The van der Waals surface area contributed by atoms with Gasteiger partial charge in [0.05, 0.1) is 12.2 Å². The highest BCUT2D eigenvalue weighted by Crippen LogP contribution is 2.71. The fourth-order valence-electron chi connectivity index (χ4n) is 8.84. The predicted octanol–water partition coefficient (Wildman–Crippen LogP) is 7.47. The molecule has 186 valence electrons. The van der Waals surface area contributed by atoms with Crippen molar-refractivity contribution < 1.29 is 10.2 Å². The molecule has 0 aliphatic heterocycles. The molecule has 2 N–H and O–H groups in total. The Morgan fingerprint density at radius 1 is 1.03 bits per heavy atom. The molecule has 0 bridgehead atoms. The largest absolute Gasteiger partial charge is 0.393 e. The first-order valence-corrected chi connectivity index (χ1v) is 13.7. The zero-order chi connectivity index (χ0) is 24.6. The maximum absolute atomic E-state index is 11.7. The van der Waals surface area contributed by atoms with E-state index in [0.29, 0.717) is 23.7 Å². The van der Waals surface area contributed by atoms with Gasteiger partial charge in [-0.3, -0.25) is 0 Å². The van der Waals surface area contributed by atoms with Gasteiger partial charge in [0.1, 0.15) is 0 Å². The van der Waals surface area contributed by atoms with Gasteiger partial charge >= 0.3 is 0 Å². The van der Waals surface area contributed by atoms with Crippen molar-refractivity contribution in [2.75, 3.05) is 0 Å². The van der Waals surface area contributed by atoms with Crippen molar-refractivity contribution in [1.82, 2.24) is 0 Å². The summed E-state index contributed by atoms with van der Waals surface area (Å²) in [6, 6.07) is 0. The minimum absolute atomic E-state index is 0.0766. The standard InChI is InChI=1S/C31H50O2/c1-19(2)20(3)10-11-21(4)24-18-27(33)31(9)23-12-13-25-28(5,6)26(32)15-16-29(25,7)22(23)14-17-30(24,31)8/h12,14,19,21,24-27,32-33H,3,10-11,13,15-18H2,1-2,4-9H3/t21-,24-,25?,26+,27+,29-,30-,31-/m1/s1. The molecular formula is C31H50O2. The fraction of sp³-hybridized carbons (Fsp3) is 0.806. The van der Waals surface area contributed by atoms with Crippen molar-refractivity contribution >= 4 is 0 Å². The van der Waals surface area contributed by atoms with Crippen LogP contribution in [0.15, 0.2) is 35.5 Å². The molecule has 4 aliphatic rings. The third-order valence-corrected chi connectivity index (χ3v) is 11.8. The average Bonchev–Trinajstić information content (AvgIpc) is 2.96. The van der Waals surface area contributed by atoms with Crippen LogP contribution in [0.25, 0.3) is 0 Å². The van der Waals surface area contributed by atoms with Crippen LogP contribution in [0, 0.1) is 45.3 Å². The van der Waals surface area contributed by atoms with E-state index in [1.165, 1.54) is 23.1 Å². The monoisotopic (exact) mass is 454 g/mol. The topological polar surface area (TPSA) is 40.5 Å². The van der Waals surface area contributed by atoms with E-state index >= 15 is 0 Å². The van der Waals surface area contributed by atoms with Gasteiger partial charge in [-0.15, -0.1) is 0 Å². The van der Waals surface area contributed by atoms with Crippen LogP contribution in [0.2, 0.25) is 0 Å². The summed E-state index contributed by atoms with van der Waals surface area (Å²) in [5, 5.41) is 22.5. The summed E-state index contributed by atoms with van der Waals surface area (Å²) in [7, 11) is 0. The van der Waals surface area contributed by atoms with Crippen LogP contribution >= 0.6 is 0 Å². The van der Waals surface area contributed by atoms with Crippen LogP contribution in [0.1, 0.15) is 100 Å². The van der Waals surface area contributed by atoms with E-state index in [4.69, 9.17) is 0 Å². The van der Waals surface area contributed by atoms with Gasteiger partial charge < -0.3 is 10.2 Å². The molecule has 0 aromatic heterocycles. The molecule has 0 radical (unpaired) electrons. The van der Waals surface area contributed by atoms with Gasteiger partial charge in [-0.2, -0.15) is 0 Å². The van der Waals surface area contributed by atoms with Crippen LogP contribution in [-0.4, -0.2) is 22.4 Å². The second kappa shape index (κ2) is 8.09. The van der Waals surface area contributed by atoms with E-state index in [2.05, 4.69) is 74.1 Å². The Kier molecular flexibility index (Phi) is 6.19. The Bertz CT molecular complexity index is 862. The summed E-state index contributed by atoms with van der Waals surface area (Å²) in [5.74, 6) is 2.10. The molecule has 1 unspecified atom stereocenters. The van der Waals surface area contributed by atoms with E-state index in [9.17, 15) is 10.2 Å². The normalized spacial score (nSPS) is 44.9. The van der Waals surface area contributed by atoms with Crippen molar-refractivity contribution in [3.05, 3.63) is 35.5 Å². The number of rotatable bonds is 5. The average molecular weight is 455 g/mol. The Labute approximate surface area is 203 Å². The molecule has 0 spiro atoms. The maximum Gasteiger partial charge on any atom is 0.0642 e. The van der Waals surface area contributed by atoms with Gasteiger partial charge in [0.15, 0.2) is 0 Å². The summed E-state index contributed by atoms with van der Waals surface area (Å²) >= 11 is 0. The highest BCUT2D eigenvalue weighted by atomic mass is 16.3. The SMILES string of the molecule is C=C(CC[C@@H](C)[C@H]1C[C@H](O)[C@@]2(C)C3=CCC4C(C)(C)[C@@H](O)CC[C@]4(C)C3=CC[C@]12C)C(C)C. The molecule has 0 aromatic carbocycles. The van der Waals surface area contributed by atoms with Gasteiger partial charge in [0, 0.05) is 5.41 Å². The molecule has 2 heteroatoms. The quantitative estimate of drug-likeness (QED) is 0.423. The molecule has 8 atom stereocenters. The number of aliphatic hydroxyl groups excluding tert-OH is 2. The zero-order valence-corrected chi connectivity index (χ0v) is 22.7. The van der Waals surface area contributed by atoms with Crippen molar-refractivity contribution in [3.8, 4) is 0 Å². The first-order chi connectivity index (χ1) is 15.2. The van der Waals surface area contributed by atoms with Crippen LogP contribution in [-0.2, 0) is 0 Å². The molecule has 33 heavy (non-hydrogen) atoms. The molecule has 2 nitrogen and oxygen atoms in total. The van der Waals surface area contributed by atoms with E-state index in [1.807, 2.05) is 0 Å². The zero-order valence-electron chi connectivity index (χ0n) is 22.7. The Hall–Kier alpha value is -0.860. The summed E-state index contributed by atoms with van der Waals surface area (Å²) in [5.41, 5.74) is 4.19. The first kappa shape index (κ1) is 25.2. The highest BCUT2D eigenvalue weighted by molar-refractivity contribution is 5.50. The minimum atomic E-state index is -0.291. The van der Waals surface area contributed by atoms with E-state index in [1.54, 1.807) is 0 Å². The second-order valence-electron chi connectivity index (χ2n) is 13.8. The lowest BCUT2D eigenvalue weighted by atomic mass is 9.44. The lowest BCUT2D eigenvalue weighted by Gasteiger charge is -2.61. The summed E-state index contributed by atoms with van der Waals surface area (Å²) in [6.45, 7) is 23.0. The van der Waals surface area contributed by atoms with Gasteiger partial charge in [-0.25, -0.2) is 0 Å². The molecule has 0 amide bonds. The Morgan fingerprint density at radius 2 is 1.70 bits per heavy atom. The molecule has 0 aromatic rings. The second-order valence-corrected chi connectivity index (χ2v) is 13.8. The smallest absolute Gasteiger partial charge is 0.0642 e. The minimum Gasteiger partial charge on any atom is -0.393 e. The molecule has 2 fully saturated rings. The van der Waals surface area contributed by atoms with E-state index in [-0.39, 0.29) is 33.9 Å². The van der Waals surface area contributed by atoms with Gasteiger partial charge in [-0.05, 0) is 96.0 Å². The number of hydrogen-bond acceptors (Lipinski definition) is 2.